The molecule has 0 aliphatic heterocycles. The molecule has 0 aromatic heterocycles. The van der Waals surface area contributed by atoms with Gasteiger partial charge in [0.05, 0.1) is 5.69 Å². The highest BCUT2D eigenvalue weighted by Gasteiger charge is 2.06. The molecule has 0 saturated carbocycles. The molecular formula is C9H15N3O3S. The maximum atomic E-state index is 11.2. The number of ether oxygens (including phenoxy) is 1. The fraction of sp³-hybridized carbons (Fsp3) is 0.333. The zero-order valence-electron chi connectivity index (χ0n) is 8.93. The summed E-state index contributed by atoms with van der Waals surface area (Å²) in [6, 6.07) is 6.64. The highest BCUT2D eigenvalue weighted by atomic mass is 32.2. The van der Waals surface area contributed by atoms with E-state index in [-0.39, 0.29) is 0 Å². The van der Waals surface area contributed by atoms with Gasteiger partial charge in [-0.15, -0.1) is 0 Å². The summed E-state index contributed by atoms with van der Waals surface area (Å²) in [6.07, 6.45) is 0. The van der Waals surface area contributed by atoms with Gasteiger partial charge in [-0.25, -0.2) is 4.72 Å². The molecule has 0 unspecified atom stereocenters. The van der Waals surface area contributed by atoms with Crippen molar-refractivity contribution >= 4 is 15.9 Å². The summed E-state index contributed by atoms with van der Waals surface area (Å²) in [7, 11) is -2.16. The van der Waals surface area contributed by atoms with Gasteiger partial charge in [-0.1, -0.05) is 6.07 Å². The standard InChI is InChI=1S/C9H15N3O3S/c1-11-16(13,14)12-8-3-2-4-9(7-8)15-6-5-10/h2-4,7,11-12H,5-6,10H2,1H3. The molecule has 1 aromatic carbocycles. The second-order valence-electron chi connectivity index (χ2n) is 2.97. The van der Waals surface area contributed by atoms with Crippen LogP contribution in [0.4, 0.5) is 5.69 Å². The van der Waals surface area contributed by atoms with Gasteiger partial charge in [0.1, 0.15) is 12.4 Å². The lowest BCUT2D eigenvalue weighted by Crippen LogP contribution is -2.26. The number of hydrogen-bond acceptors (Lipinski definition) is 4. The van der Waals surface area contributed by atoms with E-state index in [1.807, 2.05) is 0 Å². The summed E-state index contributed by atoms with van der Waals surface area (Å²) in [5.74, 6) is 0.571. The Morgan fingerprint density at radius 1 is 1.44 bits per heavy atom. The summed E-state index contributed by atoms with van der Waals surface area (Å²) in [6.45, 7) is 0.800. The van der Waals surface area contributed by atoms with Crippen LogP contribution in [0.25, 0.3) is 0 Å². The molecule has 0 radical (unpaired) electrons. The van der Waals surface area contributed by atoms with Crippen molar-refractivity contribution in [3.8, 4) is 5.75 Å². The Kier molecular flexibility index (Phi) is 4.53. The minimum absolute atomic E-state index is 0.391. The third-order valence-corrected chi connectivity index (χ3v) is 2.78. The predicted octanol–water partition coefficient (Wildman–Crippen LogP) is -0.0998. The minimum Gasteiger partial charge on any atom is -0.492 e. The van der Waals surface area contributed by atoms with Gasteiger partial charge in [-0.05, 0) is 12.1 Å². The van der Waals surface area contributed by atoms with Crippen molar-refractivity contribution in [1.82, 2.24) is 4.72 Å². The molecule has 0 aliphatic rings. The molecule has 0 atom stereocenters. The lowest BCUT2D eigenvalue weighted by atomic mass is 10.3. The first-order valence-corrected chi connectivity index (χ1v) is 6.20. The smallest absolute Gasteiger partial charge is 0.298 e. The van der Waals surface area contributed by atoms with Crippen LogP contribution in [0.3, 0.4) is 0 Å². The summed E-state index contributed by atoms with van der Waals surface area (Å²) >= 11 is 0. The average Bonchev–Trinajstić information content (AvgIpc) is 2.26. The Morgan fingerprint density at radius 3 is 2.81 bits per heavy atom. The van der Waals surface area contributed by atoms with Crippen molar-refractivity contribution in [1.29, 1.82) is 0 Å². The van der Waals surface area contributed by atoms with Crippen molar-refractivity contribution in [2.75, 3.05) is 24.9 Å². The molecule has 90 valence electrons. The number of hydrogen-bond donors (Lipinski definition) is 3. The number of nitrogens with one attached hydrogen (secondary N) is 2. The Morgan fingerprint density at radius 2 is 2.19 bits per heavy atom. The highest BCUT2D eigenvalue weighted by molar-refractivity contribution is 7.90. The van der Waals surface area contributed by atoms with E-state index in [0.29, 0.717) is 24.6 Å². The maximum absolute atomic E-state index is 11.2. The van der Waals surface area contributed by atoms with Crippen LogP contribution >= 0.6 is 0 Å². The van der Waals surface area contributed by atoms with E-state index in [2.05, 4.69) is 9.44 Å². The zero-order valence-corrected chi connectivity index (χ0v) is 9.75. The Hall–Kier alpha value is -1.31. The van der Waals surface area contributed by atoms with E-state index < -0.39 is 10.2 Å². The Bertz CT molecular complexity index is 433. The van der Waals surface area contributed by atoms with Crippen molar-refractivity contribution < 1.29 is 13.2 Å². The van der Waals surface area contributed by atoms with E-state index >= 15 is 0 Å². The molecule has 0 bridgehead atoms. The normalized spacial score (nSPS) is 11.1. The van der Waals surface area contributed by atoms with E-state index in [1.54, 1.807) is 24.3 Å². The molecule has 0 fully saturated rings. The van der Waals surface area contributed by atoms with Crippen molar-refractivity contribution in [2.24, 2.45) is 5.73 Å². The molecule has 16 heavy (non-hydrogen) atoms. The van der Waals surface area contributed by atoms with Crippen molar-refractivity contribution in [3.05, 3.63) is 24.3 Å². The van der Waals surface area contributed by atoms with E-state index in [4.69, 9.17) is 10.5 Å². The van der Waals surface area contributed by atoms with Gasteiger partial charge in [0.2, 0.25) is 0 Å². The van der Waals surface area contributed by atoms with Gasteiger partial charge in [0.15, 0.2) is 0 Å². The van der Waals surface area contributed by atoms with Crippen molar-refractivity contribution in [3.63, 3.8) is 0 Å². The average molecular weight is 245 g/mol. The van der Waals surface area contributed by atoms with Crippen LogP contribution in [0, 0.1) is 0 Å². The molecule has 1 rings (SSSR count). The first-order valence-electron chi connectivity index (χ1n) is 4.71. The lowest BCUT2D eigenvalue weighted by Gasteiger charge is -2.09. The second-order valence-corrected chi connectivity index (χ2v) is 4.59. The molecule has 0 amide bonds. The zero-order chi connectivity index (χ0) is 12.0. The van der Waals surface area contributed by atoms with Crippen LogP contribution in [-0.2, 0) is 10.2 Å². The summed E-state index contributed by atoms with van der Waals surface area (Å²) in [5, 5.41) is 0. The van der Waals surface area contributed by atoms with Gasteiger partial charge in [-0.3, -0.25) is 4.72 Å². The Balaban J connectivity index is 2.75. The number of nitrogens with two attached hydrogens (primary N) is 1. The number of benzene rings is 1. The molecule has 6 nitrogen and oxygen atoms in total. The van der Waals surface area contributed by atoms with Crippen LogP contribution in [0.1, 0.15) is 0 Å². The third kappa shape index (κ3) is 4.05. The van der Waals surface area contributed by atoms with E-state index in [1.165, 1.54) is 7.05 Å². The lowest BCUT2D eigenvalue weighted by molar-refractivity contribution is 0.328. The number of rotatable bonds is 6. The molecule has 0 aliphatic carbocycles. The maximum Gasteiger partial charge on any atom is 0.298 e. The van der Waals surface area contributed by atoms with Crippen LogP contribution in [-0.4, -0.2) is 28.6 Å². The van der Waals surface area contributed by atoms with Gasteiger partial charge < -0.3 is 10.5 Å². The third-order valence-electron chi connectivity index (χ3n) is 1.74. The van der Waals surface area contributed by atoms with Gasteiger partial charge in [0, 0.05) is 19.7 Å². The fourth-order valence-electron chi connectivity index (χ4n) is 1.03. The van der Waals surface area contributed by atoms with Crippen LogP contribution < -0.4 is 19.9 Å². The molecule has 0 saturated heterocycles. The van der Waals surface area contributed by atoms with Crippen LogP contribution in [0.15, 0.2) is 24.3 Å². The van der Waals surface area contributed by atoms with Crippen molar-refractivity contribution in [2.45, 2.75) is 0 Å². The van der Waals surface area contributed by atoms with Gasteiger partial charge >= 0.3 is 0 Å². The first kappa shape index (κ1) is 12.8. The van der Waals surface area contributed by atoms with Crippen LogP contribution in [0.2, 0.25) is 0 Å². The largest absolute Gasteiger partial charge is 0.492 e. The summed E-state index contributed by atoms with van der Waals surface area (Å²) < 4.78 is 32.2. The van der Waals surface area contributed by atoms with E-state index in [0.717, 1.165) is 0 Å². The highest BCUT2D eigenvalue weighted by Crippen LogP contribution is 2.17. The van der Waals surface area contributed by atoms with Gasteiger partial charge in [-0.2, -0.15) is 8.42 Å². The van der Waals surface area contributed by atoms with E-state index in [9.17, 15) is 8.42 Å². The Labute approximate surface area is 95.0 Å². The van der Waals surface area contributed by atoms with Crippen LogP contribution in [0.5, 0.6) is 5.75 Å². The first-order chi connectivity index (χ1) is 7.57. The second kappa shape index (κ2) is 5.69. The SMILES string of the molecule is CNS(=O)(=O)Nc1cccc(OCCN)c1. The molecule has 7 heteroatoms. The quantitative estimate of drug-likeness (QED) is 0.652. The van der Waals surface area contributed by atoms with Gasteiger partial charge in [0.25, 0.3) is 10.2 Å². The molecule has 4 N–H and O–H groups in total. The number of anilines is 1. The molecule has 0 spiro atoms. The minimum atomic E-state index is -3.49. The molecular weight excluding hydrogens is 230 g/mol. The summed E-state index contributed by atoms with van der Waals surface area (Å²) in [4.78, 5) is 0. The summed E-state index contributed by atoms with van der Waals surface area (Å²) in [5.41, 5.74) is 5.73. The monoisotopic (exact) mass is 245 g/mol. The topological polar surface area (TPSA) is 93.5 Å². The molecule has 1 aromatic rings. The molecule has 0 heterocycles. The predicted molar refractivity (Wildman–Crippen MR) is 62.6 cm³/mol. The fourth-order valence-corrected chi connectivity index (χ4v) is 1.57.